The molecule has 4 rings (SSSR count). The van der Waals surface area contributed by atoms with Gasteiger partial charge in [-0.3, -0.25) is 4.79 Å². The molecule has 0 spiro atoms. The van der Waals surface area contributed by atoms with Crippen molar-refractivity contribution in [2.75, 3.05) is 30.4 Å². The number of carbonyl (C=O) groups is 1. The van der Waals surface area contributed by atoms with Crippen LogP contribution in [0.4, 0.5) is 11.8 Å². The summed E-state index contributed by atoms with van der Waals surface area (Å²) in [5.41, 5.74) is 2.83. The van der Waals surface area contributed by atoms with Crippen LogP contribution in [0.15, 0.2) is 30.3 Å². The molecule has 168 valence electrons. The number of aliphatic carboxylic acids is 1. The SMILES string of the molecule is COc1c(Cl)cc(CNc2nc(N3CCC(C(=O)O)CC3)nc3ccc(C)cc23)cc1Cl. The smallest absolute Gasteiger partial charge is 0.306 e. The Morgan fingerprint density at radius 2 is 1.88 bits per heavy atom. The Labute approximate surface area is 196 Å². The van der Waals surface area contributed by atoms with Gasteiger partial charge in [-0.2, -0.15) is 4.98 Å². The lowest BCUT2D eigenvalue weighted by atomic mass is 9.97. The Morgan fingerprint density at radius 3 is 2.50 bits per heavy atom. The number of carboxylic acids is 1. The standard InChI is InChI=1S/C23H24Cl2N4O3/c1-13-3-4-19-16(9-13)21(26-12-14-10-17(24)20(32-2)18(25)11-14)28-23(27-19)29-7-5-15(6-8-29)22(30)31/h3-4,9-11,15H,5-8,12H2,1-2H3,(H,30,31)(H,26,27,28). The molecule has 1 aliphatic heterocycles. The molecule has 1 aliphatic rings. The van der Waals surface area contributed by atoms with Crippen molar-refractivity contribution in [1.82, 2.24) is 9.97 Å². The van der Waals surface area contributed by atoms with Gasteiger partial charge in [0.15, 0.2) is 5.75 Å². The Morgan fingerprint density at radius 1 is 1.19 bits per heavy atom. The van der Waals surface area contributed by atoms with Gasteiger partial charge in [0.2, 0.25) is 5.95 Å². The van der Waals surface area contributed by atoms with E-state index >= 15 is 0 Å². The third-order valence-electron chi connectivity index (χ3n) is 5.69. The fraction of sp³-hybridized carbons (Fsp3) is 0.348. The number of nitrogens with zero attached hydrogens (tertiary/aromatic N) is 3. The molecule has 1 saturated heterocycles. The van der Waals surface area contributed by atoms with Crippen molar-refractivity contribution < 1.29 is 14.6 Å². The van der Waals surface area contributed by atoms with Crippen molar-refractivity contribution in [1.29, 1.82) is 0 Å². The lowest BCUT2D eigenvalue weighted by molar-refractivity contribution is -0.142. The highest BCUT2D eigenvalue weighted by Gasteiger charge is 2.26. The van der Waals surface area contributed by atoms with Gasteiger partial charge in [-0.1, -0.05) is 34.8 Å². The molecule has 0 unspecified atom stereocenters. The molecule has 0 amide bonds. The van der Waals surface area contributed by atoms with Gasteiger partial charge >= 0.3 is 5.97 Å². The first kappa shape index (κ1) is 22.4. The van der Waals surface area contributed by atoms with Crippen molar-refractivity contribution in [2.45, 2.75) is 26.3 Å². The van der Waals surface area contributed by atoms with Crippen LogP contribution in [0.5, 0.6) is 5.75 Å². The molecule has 2 N–H and O–H groups in total. The number of benzene rings is 2. The summed E-state index contributed by atoms with van der Waals surface area (Å²) < 4.78 is 5.22. The number of rotatable bonds is 6. The molecule has 0 radical (unpaired) electrons. The molecule has 0 bridgehead atoms. The number of aromatic nitrogens is 2. The lowest BCUT2D eigenvalue weighted by Crippen LogP contribution is -2.37. The molecule has 3 aromatic rings. The predicted molar refractivity (Wildman–Crippen MR) is 127 cm³/mol. The number of piperidine rings is 1. The number of anilines is 2. The Bertz CT molecular complexity index is 1140. The molecule has 1 aromatic heterocycles. The zero-order valence-electron chi connectivity index (χ0n) is 17.9. The highest BCUT2D eigenvalue weighted by Crippen LogP contribution is 2.34. The van der Waals surface area contributed by atoms with E-state index in [9.17, 15) is 9.90 Å². The number of fused-ring (bicyclic) bond motifs is 1. The van der Waals surface area contributed by atoms with Gasteiger partial charge in [-0.25, -0.2) is 4.98 Å². The molecule has 2 aromatic carbocycles. The van der Waals surface area contributed by atoms with E-state index in [4.69, 9.17) is 37.9 Å². The summed E-state index contributed by atoms with van der Waals surface area (Å²) in [4.78, 5) is 22.9. The van der Waals surface area contributed by atoms with Crippen LogP contribution in [0.1, 0.15) is 24.0 Å². The minimum absolute atomic E-state index is 0.309. The average molecular weight is 475 g/mol. The van der Waals surface area contributed by atoms with E-state index in [0.29, 0.717) is 60.0 Å². The minimum atomic E-state index is -0.737. The molecule has 7 nitrogen and oxygen atoms in total. The third-order valence-corrected chi connectivity index (χ3v) is 6.25. The summed E-state index contributed by atoms with van der Waals surface area (Å²) in [6.45, 7) is 3.70. The Balaban J connectivity index is 1.63. The summed E-state index contributed by atoms with van der Waals surface area (Å²) in [7, 11) is 1.53. The molecule has 9 heteroatoms. The van der Waals surface area contributed by atoms with Crippen LogP contribution in [-0.2, 0) is 11.3 Å². The van der Waals surface area contributed by atoms with Crippen molar-refractivity contribution in [3.05, 3.63) is 51.5 Å². The van der Waals surface area contributed by atoms with Crippen molar-refractivity contribution in [2.24, 2.45) is 5.92 Å². The summed E-state index contributed by atoms with van der Waals surface area (Å²) in [5.74, 6) is 0.707. The summed E-state index contributed by atoms with van der Waals surface area (Å²) in [6, 6.07) is 9.66. The van der Waals surface area contributed by atoms with E-state index in [1.807, 2.05) is 42.2 Å². The fourth-order valence-electron chi connectivity index (χ4n) is 3.93. The Hall–Kier alpha value is -2.77. The number of methoxy groups -OCH3 is 1. The van der Waals surface area contributed by atoms with Crippen LogP contribution >= 0.6 is 23.2 Å². The molecular weight excluding hydrogens is 451 g/mol. The third kappa shape index (κ3) is 4.69. The Kier molecular flexibility index (Phi) is 6.58. The predicted octanol–water partition coefficient (Wildman–Crippen LogP) is 5.17. The van der Waals surface area contributed by atoms with Gasteiger partial charge in [0.05, 0.1) is 28.6 Å². The van der Waals surface area contributed by atoms with E-state index in [0.717, 1.165) is 22.0 Å². The number of carboxylic acid groups (broad SMARTS) is 1. The maximum absolute atomic E-state index is 11.3. The van der Waals surface area contributed by atoms with Crippen LogP contribution in [0, 0.1) is 12.8 Å². The maximum Gasteiger partial charge on any atom is 0.306 e. The number of ether oxygens (including phenoxy) is 1. The number of aryl methyl sites for hydroxylation is 1. The lowest BCUT2D eigenvalue weighted by Gasteiger charge is -2.30. The van der Waals surface area contributed by atoms with Crippen molar-refractivity contribution in [3.63, 3.8) is 0 Å². The normalized spacial score (nSPS) is 14.6. The molecular formula is C23H24Cl2N4O3. The second-order valence-corrected chi connectivity index (χ2v) is 8.75. The van der Waals surface area contributed by atoms with E-state index in [2.05, 4.69) is 5.32 Å². The molecule has 1 fully saturated rings. The van der Waals surface area contributed by atoms with Gasteiger partial charge in [0.1, 0.15) is 5.82 Å². The number of hydrogen-bond donors (Lipinski definition) is 2. The van der Waals surface area contributed by atoms with E-state index < -0.39 is 5.97 Å². The molecule has 0 atom stereocenters. The number of hydrogen-bond acceptors (Lipinski definition) is 6. The minimum Gasteiger partial charge on any atom is -0.494 e. The van der Waals surface area contributed by atoms with Gasteiger partial charge in [0.25, 0.3) is 0 Å². The van der Waals surface area contributed by atoms with Gasteiger partial charge in [0, 0.05) is 25.0 Å². The first-order valence-electron chi connectivity index (χ1n) is 10.4. The quantitative estimate of drug-likeness (QED) is 0.509. The highest BCUT2D eigenvalue weighted by atomic mass is 35.5. The zero-order chi connectivity index (χ0) is 22.8. The first-order valence-corrected chi connectivity index (χ1v) is 11.1. The van der Waals surface area contributed by atoms with Crippen LogP contribution in [0.25, 0.3) is 10.9 Å². The van der Waals surface area contributed by atoms with E-state index in [-0.39, 0.29) is 5.92 Å². The average Bonchev–Trinajstić information content (AvgIpc) is 2.77. The monoisotopic (exact) mass is 474 g/mol. The zero-order valence-corrected chi connectivity index (χ0v) is 19.4. The van der Waals surface area contributed by atoms with Gasteiger partial charge in [-0.15, -0.1) is 0 Å². The van der Waals surface area contributed by atoms with Crippen LogP contribution in [0.2, 0.25) is 10.0 Å². The van der Waals surface area contributed by atoms with Crippen LogP contribution in [-0.4, -0.2) is 41.2 Å². The largest absolute Gasteiger partial charge is 0.494 e. The van der Waals surface area contributed by atoms with E-state index in [1.54, 1.807) is 0 Å². The fourth-order valence-corrected chi connectivity index (χ4v) is 4.61. The first-order chi connectivity index (χ1) is 15.4. The highest BCUT2D eigenvalue weighted by molar-refractivity contribution is 6.37. The second kappa shape index (κ2) is 9.38. The van der Waals surface area contributed by atoms with Crippen molar-refractivity contribution >= 4 is 51.8 Å². The second-order valence-electron chi connectivity index (χ2n) is 7.94. The molecule has 0 saturated carbocycles. The summed E-state index contributed by atoms with van der Waals surface area (Å²) >= 11 is 12.6. The molecule has 0 aliphatic carbocycles. The van der Waals surface area contributed by atoms with Crippen LogP contribution in [0.3, 0.4) is 0 Å². The topological polar surface area (TPSA) is 87.6 Å². The summed E-state index contributed by atoms with van der Waals surface area (Å²) in [5, 5.41) is 14.5. The number of nitrogens with one attached hydrogen (secondary N) is 1. The molecule has 32 heavy (non-hydrogen) atoms. The number of halogens is 2. The van der Waals surface area contributed by atoms with Gasteiger partial charge in [-0.05, 0) is 49.6 Å². The van der Waals surface area contributed by atoms with Crippen LogP contribution < -0.4 is 15.0 Å². The van der Waals surface area contributed by atoms with Crippen molar-refractivity contribution in [3.8, 4) is 5.75 Å². The molecule has 2 heterocycles. The van der Waals surface area contributed by atoms with Gasteiger partial charge < -0.3 is 20.1 Å². The summed E-state index contributed by atoms with van der Waals surface area (Å²) in [6.07, 6.45) is 1.16. The maximum atomic E-state index is 11.3. The van der Waals surface area contributed by atoms with E-state index in [1.165, 1.54) is 7.11 Å².